The number of likely N-dealkylation sites (tertiary alicyclic amines) is 1. The molecule has 4 rings (SSSR count). The molecule has 2 saturated heterocycles. The van der Waals surface area contributed by atoms with Gasteiger partial charge in [0.25, 0.3) is 0 Å². The first kappa shape index (κ1) is 18.8. The molecular formula is C23H24N2O2S. The summed E-state index contributed by atoms with van der Waals surface area (Å²) in [7, 11) is 0. The maximum atomic E-state index is 12.6. The Balaban J connectivity index is 1.45. The summed E-state index contributed by atoms with van der Waals surface area (Å²) in [6.07, 6.45) is 5.10. The predicted octanol–water partition coefficient (Wildman–Crippen LogP) is 4.11. The number of aryl methyl sites for hydroxylation is 1. The van der Waals surface area contributed by atoms with Gasteiger partial charge in [0.2, 0.25) is 11.8 Å². The Hall–Kier alpha value is -2.53. The average molecular weight is 393 g/mol. The van der Waals surface area contributed by atoms with Crippen LogP contribution in [-0.4, -0.2) is 40.4 Å². The van der Waals surface area contributed by atoms with Gasteiger partial charge in [-0.15, -0.1) is 11.8 Å². The van der Waals surface area contributed by atoms with Gasteiger partial charge in [-0.05, 0) is 43.5 Å². The molecule has 2 aromatic rings. The third-order valence-corrected chi connectivity index (χ3v) is 7.01. The van der Waals surface area contributed by atoms with Crippen molar-refractivity contribution >= 4 is 35.3 Å². The molecular weight excluding hydrogens is 368 g/mol. The maximum absolute atomic E-state index is 12.6. The number of rotatable bonds is 3. The Morgan fingerprint density at radius 1 is 1.04 bits per heavy atom. The molecule has 2 fully saturated rings. The topological polar surface area (TPSA) is 40.6 Å². The van der Waals surface area contributed by atoms with Crippen LogP contribution in [0.2, 0.25) is 0 Å². The number of hydrogen-bond donors (Lipinski definition) is 0. The molecule has 0 radical (unpaired) electrons. The first-order valence-electron chi connectivity index (χ1n) is 9.63. The summed E-state index contributed by atoms with van der Waals surface area (Å²) in [5.74, 6) is 0.711. The minimum Gasteiger partial charge on any atom is -0.339 e. The predicted molar refractivity (Wildman–Crippen MR) is 115 cm³/mol. The van der Waals surface area contributed by atoms with E-state index in [-0.39, 0.29) is 16.7 Å². The Kier molecular flexibility index (Phi) is 5.27. The van der Waals surface area contributed by atoms with Crippen LogP contribution in [0.3, 0.4) is 0 Å². The fraction of sp³-hybridized carbons (Fsp3) is 0.304. The largest absolute Gasteiger partial charge is 0.339 e. The highest BCUT2D eigenvalue weighted by Gasteiger charge is 2.48. The van der Waals surface area contributed by atoms with E-state index < -0.39 is 0 Å². The number of thioether (sulfide) groups is 1. The van der Waals surface area contributed by atoms with Gasteiger partial charge in [-0.3, -0.25) is 14.5 Å². The number of carbonyl (C=O) groups excluding carboxylic acids is 2. The Bertz CT molecular complexity index is 885. The summed E-state index contributed by atoms with van der Waals surface area (Å²) in [6, 6.07) is 18.0. The van der Waals surface area contributed by atoms with Crippen molar-refractivity contribution in [1.29, 1.82) is 0 Å². The van der Waals surface area contributed by atoms with Crippen LogP contribution in [-0.2, 0) is 9.59 Å². The van der Waals surface area contributed by atoms with Crippen LogP contribution in [0.15, 0.2) is 60.7 Å². The number of benzene rings is 2. The summed E-state index contributed by atoms with van der Waals surface area (Å²) in [5.41, 5.74) is 3.17. The fourth-order valence-electron chi connectivity index (χ4n) is 3.91. The number of piperidine rings is 1. The second-order valence-electron chi connectivity index (χ2n) is 7.37. The lowest BCUT2D eigenvalue weighted by atomic mass is 10.0. The van der Waals surface area contributed by atoms with Crippen LogP contribution in [0.5, 0.6) is 0 Å². The zero-order chi connectivity index (χ0) is 19.6. The van der Waals surface area contributed by atoms with Gasteiger partial charge in [0.15, 0.2) is 0 Å². The van der Waals surface area contributed by atoms with E-state index in [1.165, 1.54) is 5.56 Å². The van der Waals surface area contributed by atoms with Gasteiger partial charge in [0.05, 0.1) is 10.6 Å². The fourth-order valence-corrected chi connectivity index (χ4v) is 5.24. The lowest BCUT2D eigenvalue weighted by Gasteiger charge is -2.43. The first-order valence-corrected chi connectivity index (χ1v) is 10.6. The van der Waals surface area contributed by atoms with Crippen molar-refractivity contribution in [2.45, 2.75) is 24.6 Å². The van der Waals surface area contributed by atoms with Crippen molar-refractivity contribution in [2.75, 3.05) is 23.7 Å². The molecule has 2 heterocycles. The molecule has 2 amide bonds. The monoisotopic (exact) mass is 392 g/mol. The van der Waals surface area contributed by atoms with Crippen molar-refractivity contribution in [3.63, 3.8) is 0 Å². The normalized spacial score (nSPS) is 19.0. The minimum atomic E-state index is -0.230. The molecule has 0 unspecified atom stereocenters. The van der Waals surface area contributed by atoms with Crippen LogP contribution in [0.1, 0.15) is 24.0 Å². The highest BCUT2D eigenvalue weighted by molar-refractivity contribution is 8.02. The second-order valence-corrected chi connectivity index (χ2v) is 8.71. The Morgan fingerprint density at radius 2 is 1.71 bits per heavy atom. The zero-order valence-electron chi connectivity index (χ0n) is 16.0. The lowest BCUT2D eigenvalue weighted by molar-refractivity contribution is -0.127. The quantitative estimate of drug-likeness (QED) is 0.738. The van der Waals surface area contributed by atoms with E-state index in [1.807, 2.05) is 77.4 Å². The molecule has 0 bridgehead atoms. The standard InChI is InChI=1S/C23H24N2O2S/c1-18-7-10-20(11-8-18)25-22(27)17-28-23(25)13-15-24(16-14-23)21(26)12-9-19-5-3-2-4-6-19/h2-12H,13-17H2,1H3/b12-9+. The van der Waals surface area contributed by atoms with Gasteiger partial charge in [-0.25, -0.2) is 0 Å². The molecule has 4 nitrogen and oxygen atoms in total. The van der Waals surface area contributed by atoms with Gasteiger partial charge in [0.1, 0.15) is 0 Å². The summed E-state index contributed by atoms with van der Waals surface area (Å²) in [6.45, 7) is 3.38. The molecule has 2 aliphatic heterocycles. The third-order valence-electron chi connectivity index (χ3n) is 5.49. The summed E-state index contributed by atoms with van der Waals surface area (Å²) in [4.78, 5) is 28.8. The third kappa shape index (κ3) is 3.72. The molecule has 28 heavy (non-hydrogen) atoms. The summed E-state index contributed by atoms with van der Waals surface area (Å²) in [5, 5.41) is 0. The maximum Gasteiger partial charge on any atom is 0.246 e. The van der Waals surface area contributed by atoms with Crippen molar-refractivity contribution in [2.24, 2.45) is 0 Å². The smallest absolute Gasteiger partial charge is 0.246 e. The molecule has 5 heteroatoms. The van der Waals surface area contributed by atoms with E-state index in [2.05, 4.69) is 0 Å². The van der Waals surface area contributed by atoms with Gasteiger partial charge >= 0.3 is 0 Å². The van der Waals surface area contributed by atoms with Crippen LogP contribution < -0.4 is 4.90 Å². The van der Waals surface area contributed by atoms with E-state index in [0.29, 0.717) is 18.8 Å². The first-order chi connectivity index (χ1) is 13.6. The van der Waals surface area contributed by atoms with E-state index >= 15 is 0 Å². The van der Waals surface area contributed by atoms with Gasteiger partial charge in [0, 0.05) is 24.9 Å². The van der Waals surface area contributed by atoms with Crippen LogP contribution in [0.4, 0.5) is 5.69 Å². The molecule has 2 aliphatic rings. The second kappa shape index (κ2) is 7.84. The number of anilines is 1. The Morgan fingerprint density at radius 3 is 2.39 bits per heavy atom. The SMILES string of the molecule is Cc1ccc(N2C(=O)CSC23CCN(C(=O)/C=C/c2ccccc2)CC3)cc1. The summed E-state index contributed by atoms with van der Waals surface area (Å²) >= 11 is 1.73. The van der Waals surface area contributed by atoms with Crippen LogP contribution in [0.25, 0.3) is 6.08 Å². The molecule has 0 aliphatic carbocycles. The van der Waals surface area contributed by atoms with E-state index in [4.69, 9.17) is 0 Å². The highest BCUT2D eigenvalue weighted by atomic mass is 32.2. The number of carbonyl (C=O) groups is 2. The number of nitrogens with zero attached hydrogens (tertiary/aromatic N) is 2. The molecule has 144 valence electrons. The van der Waals surface area contributed by atoms with Crippen molar-refractivity contribution in [3.05, 3.63) is 71.8 Å². The van der Waals surface area contributed by atoms with Crippen LogP contribution in [0, 0.1) is 6.92 Å². The van der Waals surface area contributed by atoms with Gasteiger partial charge in [-0.2, -0.15) is 0 Å². The molecule has 1 spiro atoms. The number of hydrogen-bond acceptors (Lipinski definition) is 3. The summed E-state index contributed by atoms with van der Waals surface area (Å²) < 4.78 is 0. The molecule has 0 atom stereocenters. The van der Waals surface area contributed by atoms with Gasteiger partial charge in [-0.1, -0.05) is 48.0 Å². The van der Waals surface area contributed by atoms with Gasteiger partial charge < -0.3 is 4.90 Å². The minimum absolute atomic E-state index is 0.0370. The van der Waals surface area contributed by atoms with Crippen LogP contribution >= 0.6 is 11.8 Å². The molecule has 2 aromatic carbocycles. The molecule has 0 aromatic heterocycles. The van der Waals surface area contributed by atoms with Crippen molar-refractivity contribution in [3.8, 4) is 0 Å². The van der Waals surface area contributed by atoms with E-state index in [0.717, 1.165) is 24.1 Å². The van der Waals surface area contributed by atoms with E-state index in [1.54, 1.807) is 17.8 Å². The number of amides is 2. The van der Waals surface area contributed by atoms with E-state index in [9.17, 15) is 9.59 Å². The average Bonchev–Trinajstić information content (AvgIpc) is 3.04. The lowest BCUT2D eigenvalue weighted by Crippen LogP contribution is -2.53. The van der Waals surface area contributed by atoms with Crippen molar-refractivity contribution in [1.82, 2.24) is 4.90 Å². The molecule has 0 N–H and O–H groups in total. The highest BCUT2D eigenvalue weighted by Crippen LogP contribution is 2.46. The Labute approximate surface area is 170 Å². The molecule has 0 saturated carbocycles. The van der Waals surface area contributed by atoms with Crippen molar-refractivity contribution < 1.29 is 9.59 Å². The zero-order valence-corrected chi connectivity index (χ0v) is 16.8.